The molecular formula is C19H25NO4. The van der Waals surface area contributed by atoms with Gasteiger partial charge >= 0.3 is 0 Å². The second-order valence-corrected chi connectivity index (χ2v) is 6.80. The van der Waals surface area contributed by atoms with E-state index in [1.54, 1.807) is 0 Å². The van der Waals surface area contributed by atoms with E-state index in [2.05, 4.69) is 23.6 Å². The Hall–Kier alpha value is -1.56. The van der Waals surface area contributed by atoms with Crippen molar-refractivity contribution in [1.29, 1.82) is 0 Å². The number of morpholine rings is 1. The Bertz CT molecular complexity index is 591. The third kappa shape index (κ3) is 3.29. The van der Waals surface area contributed by atoms with Gasteiger partial charge in [0.25, 0.3) is 0 Å². The molecule has 1 aromatic rings. The van der Waals surface area contributed by atoms with E-state index in [9.17, 15) is 0 Å². The smallest absolute Gasteiger partial charge is 0.231 e. The molecule has 5 heteroatoms. The summed E-state index contributed by atoms with van der Waals surface area (Å²) in [6.45, 7) is 8.19. The fourth-order valence-electron chi connectivity index (χ4n) is 4.05. The molecule has 130 valence electrons. The van der Waals surface area contributed by atoms with Gasteiger partial charge in [0.05, 0.1) is 19.3 Å². The number of benzene rings is 1. The van der Waals surface area contributed by atoms with Crippen LogP contribution in [0.1, 0.15) is 18.4 Å². The summed E-state index contributed by atoms with van der Waals surface area (Å²) in [7, 11) is 0. The monoisotopic (exact) mass is 331 g/mol. The molecule has 1 aromatic carbocycles. The fraction of sp³-hybridized carbons (Fsp3) is 0.579. The summed E-state index contributed by atoms with van der Waals surface area (Å²) >= 11 is 0. The van der Waals surface area contributed by atoms with E-state index in [-0.39, 0.29) is 0 Å². The summed E-state index contributed by atoms with van der Waals surface area (Å²) in [6, 6.07) is 6.74. The van der Waals surface area contributed by atoms with Crippen LogP contribution in [0.25, 0.3) is 0 Å². The van der Waals surface area contributed by atoms with Gasteiger partial charge in [-0.15, -0.1) is 6.58 Å². The average molecular weight is 331 g/mol. The van der Waals surface area contributed by atoms with Crippen molar-refractivity contribution < 1.29 is 18.9 Å². The lowest BCUT2D eigenvalue weighted by atomic mass is 10.1. The number of fused-ring (bicyclic) bond motifs is 2. The Labute approximate surface area is 143 Å². The molecular weight excluding hydrogens is 306 g/mol. The maximum Gasteiger partial charge on any atom is 0.231 e. The van der Waals surface area contributed by atoms with E-state index in [1.165, 1.54) is 5.56 Å². The van der Waals surface area contributed by atoms with Gasteiger partial charge in [-0.1, -0.05) is 12.1 Å². The summed E-state index contributed by atoms with van der Waals surface area (Å²) < 4.78 is 22.6. The van der Waals surface area contributed by atoms with Crippen LogP contribution in [0.2, 0.25) is 0 Å². The Balaban J connectivity index is 1.39. The highest BCUT2D eigenvalue weighted by Crippen LogP contribution is 2.37. The van der Waals surface area contributed by atoms with Gasteiger partial charge in [-0.3, -0.25) is 4.90 Å². The summed E-state index contributed by atoms with van der Waals surface area (Å²) in [5, 5.41) is 0. The lowest BCUT2D eigenvalue weighted by molar-refractivity contribution is -0.0591. The maximum atomic E-state index is 6.02. The zero-order valence-corrected chi connectivity index (χ0v) is 14.0. The Morgan fingerprint density at radius 3 is 3.08 bits per heavy atom. The van der Waals surface area contributed by atoms with Crippen molar-refractivity contribution in [3.8, 4) is 11.5 Å². The largest absolute Gasteiger partial charge is 0.454 e. The van der Waals surface area contributed by atoms with Crippen LogP contribution >= 0.6 is 0 Å². The standard InChI is InChI=1S/C19H25NO4/c1-2-6-21-12-15-8-16-18(10-15)22-7-5-20(16)11-14-3-4-17-19(9-14)24-13-23-17/h2-4,9,15-16,18H,1,5-8,10-13H2/t15-,16-,18-/m0/s1. The number of ether oxygens (including phenoxy) is 4. The van der Waals surface area contributed by atoms with Gasteiger partial charge < -0.3 is 18.9 Å². The van der Waals surface area contributed by atoms with E-state index in [1.807, 2.05) is 12.1 Å². The SMILES string of the molecule is C=CCOC[C@@H]1C[C@@H]2OCCN(Cc3ccc4c(c3)OCO4)[C@H]2C1. The lowest BCUT2D eigenvalue weighted by Gasteiger charge is -2.37. The van der Waals surface area contributed by atoms with E-state index < -0.39 is 0 Å². The van der Waals surface area contributed by atoms with Gasteiger partial charge in [-0.05, 0) is 36.5 Å². The van der Waals surface area contributed by atoms with Gasteiger partial charge in [0.15, 0.2) is 11.5 Å². The second-order valence-electron chi connectivity index (χ2n) is 6.80. The summed E-state index contributed by atoms with van der Waals surface area (Å²) in [6.07, 6.45) is 4.39. The normalized spacial score (nSPS) is 28.8. The van der Waals surface area contributed by atoms with Crippen molar-refractivity contribution in [1.82, 2.24) is 4.90 Å². The number of rotatable bonds is 6. The Kier molecular flexibility index (Phi) is 4.74. The number of nitrogens with zero attached hydrogens (tertiary/aromatic N) is 1. The van der Waals surface area contributed by atoms with Gasteiger partial charge in [-0.2, -0.15) is 0 Å². The Morgan fingerprint density at radius 2 is 2.17 bits per heavy atom. The van der Waals surface area contributed by atoms with Crippen LogP contribution in [0, 0.1) is 5.92 Å². The van der Waals surface area contributed by atoms with Crippen LogP contribution in [0.3, 0.4) is 0 Å². The molecule has 0 amide bonds. The lowest BCUT2D eigenvalue weighted by Crippen LogP contribution is -2.47. The highest BCUT2D eigenvalue weighted by atomic mass is 16.7. The molecule has 1 saturated heterocycles. The molecule has 0 aromatic heterocycles. The number of hydrogen-bond donors (Lipinski definition) is 0. The predicted molar refractivity (Wildman–Crippen MR) is 90.2 cm³/mol. The van der Waals surface area contributed by atoms with Gasteiger partial charge in [0.1, 0.15) is 0 Å². The topological polar surface area (TPSA) is 40.2 Å². The first-order valence-corrected chi connectivity index (χ1v) is 8.76. The first-order chi connectivity index (χ1) is 11.8. The molecule has 3 aliphatic rings. The zero-order chi connectivity index (χ0) is 16.4. The van der Waals surface area contributed by atoms with Crippen LogP contribution in [0.15, 0.2) is 30.9 Å². The maximum absolute atomic E-state index is 6.02. The molecule has 0 spiro atoms. The average Bonchev–Trinajstić information content (AvgIpc) is 3.21. The first kappa shape index (κ1) is 15.9. The van der Waals surface area contributed by atoms with Crippen molar-refractivity contribution in [2.24, 2.45) is 5.92 Å². The van der Waals surface area contributed by atoms with Gasteiger partial charge in [0.2, 0.25) is 6.79 Å². The van der Waals surface area contributed by atoms with E-state index in [0.29, 0.717) is 31.5 Å². The van der Waals surface area contributed by atoms with E-state index in [4.69, 9.17) is 18.9 Å². The summed E-state index contributed by atoms with van der Waals surface area (Å²) in [5.41, 5.74) is 1.27. The second kappa shape index (κ2) is 7.13. The predicted octanol–water partition coefficient (Wildman–Crippen LogP) is 2.60. The van der Waals surface area contributed by atoms with Crippen LogP contribution in [0.5, 0.6) is 11.5 Å². The van der Waals surface area contributed by atoms with Crippen molar-refractivity contribution >= 4 is 0 Å². The third-order valence-corrected chi connectivity index (χ3v) is 5.16. The van der Waals surface area contributed by atoms with Crippen LogP contribution in [0.4, 0.5) is 0 Å². The van der Waals surface area contributed by atoms with Crippen LogP contribution in [-0.4, -0.2) is 50.2 Å². The zero-order valence-electron chi connectivity index (χ0n) is 14.0. The Morgan fingerprint density at radius 1 is 1.25 bits per heavy atom. The highest BCUT2D eigenvalue weighted by Gasteiger charge is 2.40. The van der Waals surface area contributed by atoms with E-state index in [0.717, 1.165) is 50.6 Å². The molecule has 0 unspecified atom stereocenters. The van der Waals surface area contributed by atoms with Crippen molar-refractivity contribution in [2.75, 3.05) is 33.2 Å². The van der Waals surface area contributed by atoms with E-state index >= 15 is 0 Å². The van der Waals surface area contributed by atoms with Crippen molar-refractivity contribution in [3.05, 3.63) is 36.4 Å². The molecule has 2 heterocycles. The van der Waals surface area contributed by atoms with Crippen molar-refractivity contribution in [2.45, 2.75) is 31.5 Å². The molecule has 0 N–H and O–H groups in total. The molecule has 0 radical (unpaired) electrons. The third-order valence-electron chi connectivity index (χ3n) is 5.16. The van der Waals surface area contributed by atoms with Gasteiger partial charge in [0, 0.05) is 25.7 Å². The molecule has 5 nitrogen and oxygen atoms in total. The van der Waals surface area contributed by atoms with Crippen molar-refractivity contribution in [3.63, 3.8) is 0 Å². The molecule has 0 bridgehead atoms. The molecule has 2 aliphatic heterocycles. The molecule has 1 saturated carbocycles. The minimum Gasteiger partial charge on any atom is -0.454 e. The summed E-state index contributed by atoms with van der Waals surface area (Å²) in [4.78, 5) is 2.55. The quantitative estimate of drug-likeness (QED) is 0.592. The van der Waals surface area contributed by atoms with Crippen LogP contribution in [-0.2, 0) is 16.0 Å². The van der Waals surface area contributed by atoms with Crippen LogP contribution < -0.4 is 9.47 Å². The molecule has 3 atom stereocenters. The molecule has 24 heavy (non-hydrogen) atoms. The minimum absolute atomic E-state index is 0.327. The minimum atomic E-state index is 0.327. The molecule has 4 rings (SSSR count). The first-order valence-electron chi connectivity index (χ1n) is 8.76. The molecule has 2 fully saturated rings. The highest BCUT2D eigenvalue weighted by molar-refractivity contribution is 5.44. The fourth-order valence-corrected chi connectivity index (χ4v) is 4.05. The summed E-state index contributed by atoms with van der Waals surface area (Å²) in [5.74, 6) is 2.29. The number of hydrogen-bond acceptors (Lipinski definition) is 5. The molecule has 1 aliphatic carbocycles. The van der Waals surface area contributed by atoms with Gasteiger partial charge in [-0.25, -0.2) is 0 Å².